The van der Waals surface area contributed by atoms with Crippen LogP contribution in [0.5, 0.6) is 0 Å². The van der Waals surface area contributed by atoms with Crippen molar-refractivity contribution in [1.82, 2.24) is 4.98 Å². The number of hydrogen-bond acceptors (Lipinski definition) is 2. The normalized spacial score (nSPS) is 10.5. The molecular formula is C18H11Cl2FN2O. The number of hydrogen-bond donors (Lipinski definition) is 1. The lowest BCUT2D eigenvalue weighted by atomic mass is 10.1. The smallest absolute Gasteiger partial charge is 0.255 e. The molecule has 0 saturated carbocycles. The van der Waals surface area contributed by atoms with Gasteiger partial charge in [0.1, 0.15) is 5.82 Å². The van der Waals surface area contributed by atoms with Crippen LogP contribution < -0.4 is 5.32 Å². The van der Waals surface area contributed by atoms with Crippen molar-refractivity contribution in [2.24, 2.45) is 0 Å². The molecule has 1 heterocycles. The maximum absolute atomic E-state index is 14.4. The lowest BCUT2D eigenvalue weighted by molar-refractivity contribution is 0.102. The molecule has 1 aromatic heterocycles. The van der Waals surface area contributed by atoms with Gasteiger partial charge in [-0.25, -0.2) is 4.39 Å². The SMILES string of the molecule is O=C(Nc1ccc(Cl)cc1)c1ccc(-c2ncccc2Cl)c(F)c1. The number of carbonyl (C=O) groups is 1. The molecule has 6 heteroatoms. The zero-order chi connectivity index (χ0) is 17.1. The first-order valence-corrected chi connectivity index (χ1v) is 7.77. The van der Waals surface area contributed by atoms with Crippen molar-refractivity contribution >= 4 is 34.8 Å². The van der Waals surface area contributed by atoms with Crippen molar-refractivity contribution < 1.29 is 9.18 Å². The molecule has 0 bridgehead atoms. The van der Waals surface area contributed by atoms with E-state index >= 15 is 0 Å². The van der Waals surface area contributed by atoms with Crippen molar-refractivity contribution in [2.45, 2.75) is 0 Å². The predicted molar refractivity (Wildman–Crippen MR) is 94.0 cm³/mol. The first kappa shape index (κ1) is 16.4. The number of benzene rings is 2. The third kappa shape index (κ3) is 3.55. The van der Waals surface area contributed by atoms with Gasteiger partial charge in [-0.3, -0.25) is 9.78 Å². The Morgan fingerprint density at radius 2 is 1.79 bits per heavy atom. The van der Waals surface area contributed by atoms with E-state index in [-0.39, 0.29) is 11.1 Å². The molecule has 0 radical (unpaired) electrons. The van der Waals surface area contributed by atoms with E-state index in [1.54, 1.807) is 36.4 Å². The van der Waals surface area contributed by atoms with Gasteiger partial charge in [0.05, 0.1) is 10.7 Å². The predicted octanol–water partition coefficient (Wildman–Crippen LogP) is 5.45. The van der Waals surface area contributed by atoms with Gasteiger partial charge in [-0.15, -0.1) is 0 Å². The van der Waals surface area contributed by atoms with Gasteiger partial charge in [-0.2, -0.15) is 0 Å². The summed E-state index contributed by atoms with van der Waals surface area (Å²) in [6.07, 6.45) is 1.53. The number of carbonyl (C=O) groups excluding carboxylic acids is 1. The van der Waals surface area contributed by atoms with Gasteiger partial charge < -0.3 is 5.32 Å². The Kier molecular flexibility index (Phi) is 4.79. The average molecular weight is 361 g/mol. The molecule has 3 rings (SSSR count). The van der Waals surface area contributed by atoms with Crippen molar-refractivity contribution in [3.8, 4) is 11.3 Å². The van der Waals surface area contributed by atoms with Crippen LogP contribution in [0.1, 0.15) is 10.4 Å². The number of nitrogens with zero attached hydrogens (tertiary/aromatic N) is 1. The monoisotopic (exact) mass is 360 g/mol. The maximum atomic E-state index is 14.4. The molecule has 120 valence electrons. The second kappa shape index (κ2) is 6.99. The Morgan fingerprint density at radius 1 is 1.04 bits per heavy atom. The quantitative estimate of drug-likeness (QED) is 0.674. The Morgan fingerprint density at radius 3 is 2.46 bits per heavy atom. The number of rotatable bonds is 3. The van der Waals surface area contributed by atoms with Gasteiger partial charge in [-0.1, -0.05) is 23.2 Å². The van der Waals surface area contributed by atoms with Crippen LogP contribution in [0.15, 0.2) is 60.8 Å². The molecule has 1 N–H and O–H groups in total. The molecule has 0 aliphatic heterocycles. The van der Waals surface area contributed by atoms with Crippen molar-refractivity contribution in [3.05, 3.63) is 82.2 Å². The molecule has 0 unspecified atom stereocenters. The highest BCUT2D eigenvalue weighted by atomic mass is 35.5. The van der Waals surface area contributed by atoms with E-state index in [2.05, 4.69) is 10.3 Å². The molecular weight excluding hydrogens is 350 g/mol. The second-order valence-electron chi connectivity index (χ2n) is 4.99. The first-order valence-electron chi connectivity index (χ1n) is 7.02. The van der Waals surface area contributed by atoms with E-state index in [9.17, 15) is 9.18 Å². The number of amides is 1. The summed E-state index contributed by atoms with van der Waals surface area (Å²) < 4.78 is 14.4. The van der Waals surface area contributed by atoms with Gasteiger partial charge in [0, 0.05) is 28.0 Å². The summed E-state index contributed by atoms with van der Waals surface area (Å²) in [5.74, 6) is -0.991. The van der Waals surface area contributed by atoms with Crippen molar-refractivity contribution in [1.29, 1.82) is 0 Å². The maximum Gasteiger partial charge on any atom is 0.255 e. The van der Waals surface area contributed by atoms with Gasteiger partial charge in [-0.05, 0) is 54.6 Å². The van der Waals surface area contributed by atoms with Crippen LogP contribution in [-0.2, 0) is 0 Å². The number of halogens is 3. The molecule has 0 aliphatic rings. The lowest BCUT2D eigenvalue weighted by Gasteiger charge is -2.08. The second-order valence-corrected chi connectivity index (χ2v) is 5.83. The van der Waals surface area contributed by atoms with E-state index in [1.165, 1.54) is 18.3 Å². The zero-order valence-electron chi connectivity index (χ0n) is 12.3. The summed E-state index contributed by atoms with van der Waals surface area (Å²) in [5, 5.41) is 3.59. The number of pyridine rings is 1. The molecule has 24 heavy (non-hydrogen) atoms. The first-order chi connectivity index (χ1) is 11.5. The van der Waals surface area contributed by atoms with Crippen LogP contribution in [0.3, 0.4) is 0 Å². The average Bonchev–Trinajstić information content (AvgIpc) is 2.57. The number of aromatic nitrogens is 1. The fourth-order valence-electron chi connectivity index (χ4n) is 2.17. The molecule has 0 atom stereocenters. The van der Waals surface area contributed by atoms with Gasteiger partial charge in [0.25, 0.3) is 5.91 Å². The van der Waals surface area contributed by atoms with Crippen LogP contribution in [0, 0.1) is 5.82 Å². The van der Waals surface area contributed by atoms with Crippen LogP contribution in [0.25, 0.3) is 11.3 Å². The molecule has 3 aromatic rings. The number of anilines is 1. The highest BCUT2D eigenvalue weighted by Crippen LogP contribution is 2.28. The lowest BCUT2D eigenvalue weighted by Crippen LogP contribution is -2.12. The van der Waals surface area contributed by atoms with E-state index < -0.39 is 11.7 Å². The molecule has 1 amide bonds. The topological polar surface area (TPSA) is 42.0 Å². The minimum Gasteiger partial charge on any atom is -0.322 e. The van der Waals surface area contributed by atoms with Crippen molar-refractivity contribution in [2.75, 3.05) is 5.32 Å². The molecule has 0 saturated heterocycles. The van der Waals surface area contributed by atoms with E-state index in [1.807, 2.05) is 0 Å². The fourth-order valence-corrected chi connectivity index (χ4v) is 2.52. The zero-order valence-corrected chi connectivity index (χ0v) is 13.8. The Balaban J connectivity index is 1.85. The van der Waals surface area contributed by atoms with Crippen LogP contribution in [0.4, 0.5) is 10.1 Å². The minimum atomic E-state index is -0.570. The molecule has 0 aliphatic carbocycles. The minimum absolute atomic E-state index is 0.193. The highest BCUT2D eigenvalue weighted by molar-refractivity contribution is 6.33. The highest BCUT2D eigenvalue weighted by Gasteiger charge is 2.14. The molecule has 0 fully saturated rings. The molecule has 3 nitrogen and oxygen atoms in total. The third-order valence-corrected chi connectivity index (χ3v) is 3.90. The largest absolute Gasteiger partial charge is 0.322 e. The van der Waals surface area contributed by atoms with Crippen LogP contribution in [0.2, 0.25) is 10.0 Å². The molecule has 2 aromatic carbocycles. The van der Waals surface area contributed by atoms with Gasteiger partial charge >= 0.3 is 0 Å². The summed E-state index contributed by atoms with van der Waals surface area (Å²) in [5.41, 5.74) is 1.34. The van der Waals surface area contributed by atoms with Gasteiger partial charge in [0.15, 0.2) is 0 Å². The van der Waals surface area contributed by atoms with E-state index in [0.29, 0.717) is 21.4 Å². The van der Waals surface area contributed by atoms with Crippen LogP contribution in [-0.4, -0.2) is 10.9 Å². The summed E-state index contributed by atoms with van der Waals surface area (Å²) in [7, 11) is 0. The molecule has 0 spiro atoms. The number of nitrogens with one attached hydrogen (secondary N) is 1. The Hall–Kier alpha value is -2.43. The van der Waals surface area contributed by atoms with E-state index in [4.69, 9.17) is 23.2 Å². The summed E-state index contributed by atoms with van der Waals surface area (Å²) >= 11 is 11.8. The fraction of sp³-hybridized carbons (Fsp3) is 0. The van der Waals surface area contributed by atoms with Gasteiger partial charge in [0.2, 0.25) is 0 Å². The standard InChI is InChI=1S/C18H11Cl2FN2O/c19-12-4-6-13(7-5-12)23-18(24)11-3-8-14(16(21)10-11)17-15(20)2-1-9-22-17/h1-10H,(H,23,24). The summed E-state index contributed by atoms with van der Waals surface area (Å²) in [4.78, 5) is 16.3. The summed E-state index contributed by atoms with van der Waals surface area (Å²) in [6.45, 7) is 0. The van der Waals surface area contributed by atoms with E-state index in [0.717, 1.165) is 6.07 Å². The van der Waals surface area contributed by atoms with Crippen LogP contribution >= 0.6 is 23.2 Å². The Bertz CT molecular complexity index is 898. The van der Waals surface area contributed by atoms with Crippen molar-refractivity contribution in [3.63, 3.8) is 0 Å². The summed E-state index contributed by atoms with van der Waals surface area (Å²) in [6, 6.07) is 14.1. The Labute approximate surface area is 148 Å². The third-order valence-electron chi connectivity index (χ3n) is 3.35.